The fraction of sp³-hybridized carbons (Fsp3) is 0.550. The van der Waals surface area contributed by atoms with E-state index in [1.807, 2.05) is 24.3 Å². The molecular formula is C20H26N4O4. The molecule has 0 radical (unpaired) electrons. The van der Waals surface area contributed by atoms with E-state index in [1.165, 1.54) is 32.9 Å². The number of hydrogen-bond acceptors (Lipinski definition) is 7. The Morgan fingerprint density at radius 3 is 2.75 bits per heavy atom. The average molecular weight is 386 g/mol. The van der Waals surface area contributed by atoms with Crippen molar-refractivity contribution < 1.29 is 19.2 Å². The number of aliphatic hydroxyl groups is 1. The zero-order chi connectivity index (χ0) is 19.5. The van der Waals surface area contributed by atoms with Crippen molar-refractivity contribution in [3.05, 3.63) is 30.2 Å². The summed E-state index contributed by atoms with van der Waals surface area (Å²) in [6.45, 7) is 5.74. The van der Waals surface area contributed by atoms with Gasteiger partial charge in [0, 0.05) is 32.0 Å². The number of amides is 1. The van der Waals surface area contributed by atoms with Crippen LogP contribution >= 0.6 is 0 Å². The molecule has 0 unspecified atom stereocenters. The molecule has 4 rings (SSSR count). The quantitative estimate of drug-likeness (QED) is 0.810. The summed E-state index contributed by atoms with van der Waals surface area (Å²) in [5.74, 6) is 1.52. The first-order valence-corrected chi connectivity index (χ1v) is 9.84. The van der Waals surface area contributed by atoms with Crippen molar-refractivity contribution in [2.24, 2.45) is 0 Å². The van der Waals surface area contributed by atoms with Crippen LogP contribution in [0.1, 0.15) is 38.1 Å². The van der Waals surface area contributed by atoms with Gasteiger partial charge in [0.1, 0.15) is 18.4 Å². The Morgan fingerprint density at radius 2 is 2.04 bits per heavy atom. The van der Waals surface area contributed by atoms with Gasteiger partial charge in [0.2, 0.25) is 17.6 Å². The normalized spacial score (nSPS) is 22.7. The highest BCUT2D eigenvalue weighted by atomic mass is 16.5. The number of hydrogen-bond donors (Lipinski definition) is 1. The number of likely N-dealkylation sites (tertiary alicyclic amines) is 2. The zero-order valence-corrected chi connectivity index (χ0v) is 16.1. The number of rotatable bonds is 6. The predicted octanol–water partition coefficient (Wildman–Crippen LogP) is 1.87. The number of β-amino-alcohol motifs (C(OH)–C–C–N with tert-alkyl or cyclic N) is 1. The van der Waals surface area contributed by atoms with Gasteiger partial charge in [-0.1, -0.05) is 5.16 Å². The standard InChI is InChI=1S/C20H26N4O4/c1-14(25)24-13-16(26)12-18(24)20-21-19(22-28-20)15-4-6-17(7-5-15)27-11-10-23-8-2-3-9-23/h4-7,16,18,26H,2-3,8-13H2,1H3/t16-,18+/m0/s1. The minimum atomic E-state index is -0.568. The molecule has 2 saturated heterocycles. The molecular weight excluding hydrogens is 360 g/mol. The van der Waals surface area contributed by atoms with E-state index in [4.69, 9.17) is 9.26 Å². The van der Waals surface area contributed by atoms with Crippen molar-refractivity contribution >= 4 is 5.91 Å². The minimum absolute atomic E-state index is 0.114. The Morgan fingerprint density at radius 1 is 1.29 bits per heavy atom. The largest absolute Gasteiger partial charge is 0.492 e. The van der Waals surface area contributed by atoms with E-state index in [0.29, 0.717) is 31.3 Å². The molecule has 1 aromatic heterocycles. The monoisotopic (exact) mass is 386 g/mol. The summed E-state index contributed by atoms with van der Waals surface area (Å²) in [4.78, 5) is 20.2. The lowest BCUT2D eigenvalue weighted by molar-refractivity contribution is -0.130. The Hall–Kier alpha value is -2.45. The van der Waals surface area contributed by atoms with Crippen LogP contribution in [0.2, 0.25) is 0 Å². The van der Waals surface area contributed by atoms with E-state index in [2.05, 4.69) is 15.0 Å². The summed E-state index contributed by atoms with van der Waals surface area (Å²) in [5, 5.41) is 13.9. The van der Waals surface area contributed by atoms with Gasteiger partial charge >= 0.3 is 0 Å². The first kappa shape index (κ1) is 18.9. The van der Waals surface area contributed by atoms with E-state index in [9.17, 15) is 9.90 Å². The highest BCUT2D eigenvalue weighted by molar-refractivity contribution is 5.74. The van der Waals surface area contributed by atoms with Crippen molar-refractivity contribution in [1.29, 1.82) is 0 Å². The second-order valence-electron chi connectivity index (χ2n) is 7.45. The highest BCUT2D eigenvalue weighted by Crippen LogP contribution is 2.32. The van der Waals surface area contributed by atoms with Crippen LogP contribution in [-0.2, 0) is 4.79 Å². The molecule has 1 aromatic carbocycles. The van der Waals surface area contributed by atoms with Gasteiger partial charge in [-0.05, 0) is 50.2 Å². The molecule has 0 spiro atoms. The maximum absolute atomic E-state index is 11.8. The number of carbonyl (C=O) groups is 1. The third-order valence-electron chi connectivity index (χ3n) is 5.40. The van der Waals surface area contributed by atoms with Gasteiger partial charge in [0.05, 0.1) is 6.10 Å². The van der Waals surface area contributed by atoms with E-state index in [-0.39, 0.29) is 11.9 Å². The Kier molecular flexibility index (Phi) is 5.59. The molecule has 150 valence electrons. The molecule has 1 amide bonds. The van der Waals surface area contributed by atoms with Crippen molar-refractivity contribution in [1.82, 2.24) is 19.9 Å². The van der Waals surface area contributed by atoms with Crippen molar-refractivity contribution in [3.63, 3.8) is 0 Å². The van der Waals surface area contributed by atoms with Crippen LogP contribution in [0.5, 0.6) is 5.75 Å². The molecule has 3 heterocycles. The minimum Gasteiger partial charge on any atom is -0.492 e. The van der Waals surface area contributed by atoms with E-state index < -0.39 is 6.10 Å². The number of nitrogens with zero attached hydrogens (tertiary/aromatic N) is 4. The topological polar surface area (TPSA) is 91.9 Å². The lowest BCUT2D eigenvalue weighted by Gasteiger charge is -2.19. The maximum atomic E-state index is 11.8. The summed E-state index contributed by atoms with van der Waals surface area (Å²) in [5.41, 5.74) is 0.815. The fourth-order valence-electron chi connectivity index (χ4n) is 3.88. The van der Waals surface area contributed by atoms with Crippen LogP contribution < -0.4 is 4.74 Å². The first-order chi connectivity index (χ1) is 13.6. The van der Waals surface area contributed by atoms with Gasteiger partial charge in [-0.25, -0.2) is 0 Å². The van der Waals surface area contributed by atoms with Gasteiger partial charge in [-0.3, -0.25) is 9.69 Å². The van der Waals surface area contributed by atoms with E-state index >= 15 is 0 Å². The van der Waals surface area contributed by atoms with E-state index in [1.54, 1.807) is 4.90 Å². The molecule has 2 aliphatic heterocycles. The third-order valence-corrected chi connectivity index (χ3v) is 5.40. The smallest absolute Gasteiger partial charge is 0.249 e. The predicted molar refractivity (Wildman–Crippen MR) is 102 cm³/mol. The summed E-state index contributed by atoms with van der Waals surface area (Å²) in [6, 6.07) is 7.22. The number of aliphatic hydroxyl groups excluding tert-OH is 1. The van der Waals surface area contributed by atoms with Crippen LogP contribution in [0.15, 0.2) is 28.8 Å². The van der Waals surface area contributed by atoms with Crippen LogP contribution in [0, 0.1) is 0 Å². The lowest BCUT2D eigenvalue weighted by atomic mass is 10.2. The zero-order valence-electron chi connectivity index (χ0n) is 16.1. The number of carbonyl (C=O) groups excluding carboxylic acids is 1. The van der Waals surface area contributed by atoms with Crippen LogP contribution in [0.3, 0.4) is 0 Å². The number of benzene rings is 1. The first-order valence-electron chi connectivity index (χ1n) is 9.84. The number of ether oxygens (including phenoxy) is 1. The summed E-state index contributed by atoms with van der Waals surface area (Å²) >= 11 is 0. The Bertz CT molecular complexity index is 801. The van der Waals surface area contributed by atoms with Gasteiger partial charge in [-0.2, -0.15) is 4.98 Å². The van der Waals surface area contributed by atoms with Gasteiger partial charge < -0.3 is 19.3 Å². The molecule has 8 heteroatoms. The Balaban J connectivity index is 1.37. The van der Waals surface area contributed by atoms with Gasteiger partial charge in [0.15, 0.2) is 0 Å². The van der Waals surface area contributed by atoms with E-state index in [0.717, 1.165) is 17.9 Å². The van der Waals surface area contributed by atoms with Crippen molar-refractivity contribution in [2.75, 3.05) is 32.8 Å². The van der Waals surface area contributed by atoms with Crippen LogP contribution in [0.25, 0.3) is 11.4 Å². The fourth-order valence-corrected chi connectivity index (χ4v) is 3.88. The summed E-state index contributed by atoms with van der Waals surface area (Å²) < 4.78 is 11.2. The molecule has 2 fully saturated rings. The third kappa shape index (κ3) is 4.18. The maximum Gasteiger partial charge on any atom is 0.249 e. The molecule has 0 saturated carbocycles. The van der Waals surface area contributed by atoms with Crippen LogP contribution in [-0.4, -0.2) is 69.8 Å². The Labute approximate surface area is 164 Å². The molecule has 0 bridgehead atoms. The molecule has 28 heavy (non-hydrogen) atoms. The van der Waals surface area contributed by atoms with Gasteiger partial charge in [-0.15, -0.1) is 0 Å². The second-order valence-corrected chi connectivity index (χ2v) is 7.45. The van der Waals surface area contributed by atoms with Crippen molar-refractivity contribution in [3.8, 4) is 17.1 Å². The highest BCUT2D eigenvalue weighted by Gasteiger charge is 2.37. The average Bonchev–Trinajstić information content (AvgIpc) is 3.42. The SMILES string of the molecule is CC(=O)N1C[C@@H](O)C[C@@H]1c1nc(-c2ccc(OCCN3CCCC3)cc2)no1. The molecule has 8 nitrogen and oxygen atoms in total. The molecule has 2 atom stereocenters. The summed E-state index contributed by atoms with van der Waals surface area (Å²) in [6.07, 6.45) is 2.41. The van der Waals surface area contributed by atoms with Crippen LogP contribution in [0.4, 0.5) is 0 Å². The van der Waals surface area contributed by atoms with Gasteiger partial charge in [0.25, 0.3) is 0 Å². The molecule has 0 aliphatic carbocycles. The van der Waals surface area contributed by atoms with Crippen molar-refractivity contribution in [2.45, 2.75) is 38.3 Å². The molecule has 1 N–H and O–H groups in total. The summed E-state index contributed by atoms with van der Waals surface area (Å²) in [7, 11) is 0. The lowest BCUT2D eigenvalue weighted by Crippen LogP contribution is -2.29. The molecule has 2 aliphatic rings. The second kappa shape index (κ2) is 8.28. The number of aromatic nitrogens is 2. The molecule has 2 aromatic rings.